The topological polar surface area (TPSA) is 66.7 Å². The van der Waals surface area contributed by atoms with Crippen LogP contribution in [-0.2, 0) is 6.54 Å². The lowest BCUT2D eigenvalue weighted by molar-refractivity contribution is -0.384. The first kappa shape index (κ1) is 17.0. The van der Waals surface area contributed by atoms with Crippen LogP contribution in [0.15, 0.2) is 48.5 Å². The molecule has 0 unspecified atom stereocenters. The summed E-state index contributed by atoms with van der Waals surface area (Å²) in [7, 11) is 1.72. The quantitative estimate of drug-likeness (QED) is 0.618. The van der Waals surface area contributed by atoms with Crippen molar-refractivity contribution in [3.8, 4) is 0 Å². The van der Waals surface area contributed by atoms with Crippen LogP contribution in [0.4, 0.5) is 11.4 Å². The second-order valence-corrected chi connectivity index (χ2v) is 6.29. The standard InChI is InChI=1S/C19H21N3O3/c1-20(19(23)15-8-6-9-17(13-15)22(24)25)14-16-7-2-3-10-18(16)21-11-4-5-12-21/h2-3,6-10,13H,4-5,11-12,14H2,1H3. The Bertz CT molecular complexity index is 785. The molecule has 25 heavy (non-hydrogen) atoms. The molecule has 6 nitrogen and oxygen atoms in total. The highest BCUT2D eigenvalue weighted by atomic mass is 16.6. The summed E-state index contributed by atoms with van der Waals surface area (Å²) in [6, 6.07) is 14.0. The molecule has 0 N–H and O–H groups in total. The Morgan fingerprint density at radius 3 is 2.60 bits per heavy atom. The van der Waals surface area contributed by atoms with Crippen molar-refractivity contribution >= 4 is 17.3 Å². The zero-order valence-electron chi connectivity index (χ0n) is 14.2. The molecule has 1 fully saturated rings. The van der Waals surface area contributed by atoms with E-state index in [1.807, 2.05) is 18.2 Å². The fraction of sp³-hybridized carbons (Fsp3) is 0.316. The van der Waals surface area contributed by atoms with Crippen molar-refractivity contribution in [1.82, 2.24) is 4.90 Å². The molecule has 1 amide bonds. The molecule has 1 aliphatic rings. The summed E-state index contributed by atoms with van der Waals surface area (Å²) in [6.07, 6.45) is 2.38. The fourth-order valence-corrected chi connectivity index (χ4v) is 3.21. The molecule has 0 saturated carbocycles. The monoisotopic (exact) mass is 339 g/mol. The van der Waals surface area contributed by atoms with Crippen molar-refractivity contribution in [3.05, 3.63) is 69.8 Å². The largest absolute Gasteiger partial charge is 0.371 e. The maximum absolute atomic E-state index is 12.6. The molecule has 1 aliphatic heterocycles. The minimum atomic E-state index is -0.487. The van der Waals surface area contributed by atoms with Crippen LogP contribution in [0.3, 0.4) is 0 Å². The summed E-state index contributed by atoms with van der Waals surface area (Å²) < 4.78 is 0. The Morgan fingerprint density at radius 1 is 1.16 bits per heavy atom. The van der Waals surface area contributed by atoms with E-state index in [0.29, 0.717) is 12.1 Å². The first-order chi connectivity index (χ1) is 12.1. The van der Waals surface area contributed by atoms with Crippen LogP contribution in [0.5, 0.6) is 0 Å². The number of carbonyl (C=O) groups excluding carboxylic acids is 1. The molecular formula is C19H21N3O3. The maximum Gasteiger partial charge on any atom is 0.270 e. The van der Waals surface area contributed by atoms with Crippen LogP contribution in [0.25, 0.3) is 0 Å². The third-order valence-electron chi connectivity index (χ3n) is 4.50. The Morgan fingerprint density at radius 2 is 1.88 bits per heavy atom. The number of benzene rings is 2. The Hall–Kier alpha value is -2.89. The van der Waals surface area contributed by atoms with E-state index in [0.717, 1.165) is 18.7 Å². The maximum atomic E-state index is 12.6. The molecule has 2 aromatic carbocycles. The summed E-state index contributed by atoms with van der Waals surface area (Å²) in [5, 5.41) is 10.9. The van der Waals surface area contributed by atoms with Crippen LogP contribution >= 0.6 is 0 Å². The molecule has 0 radical (unpaired) electrons. The van der Waals surface area contributed by atoms with Crippen molar-refractivity contribution in [2.24, 2.45) is 0 Å². The lowest BCUT2D eigenvalue weighted by atomic mass is 10.1. The number of amides is 1. The van der Waals surface area contributed by atoms with Crippen molar-refractivity contribution in [2.45, 2.75) is 19.4 Å². The Labute approximate surface area is 146 Å². The summed E-state index contributed by atoms with van der Waals surface area (Å²) in [5.74, 6) is -0.222. The number of nitro groups is 1. The van der Waals surface area contributed by atoms with Gasteiger partial charge in [-0.15, -0.1) is 0 Å². The van der Waals surface area contributed by atoms with Crippen LogP contribution < -0.4 is 4.90 Å². The Balaban J connectivity index is 1.78. The normalized spacial score (nSPS) is 13.7. The van der Waals surface area contributed by atoms with E-state index in [4.69, 9.17) is 0 Å². The number of carbonyl (C=O) groups is 1. The van der Waals surface area contributed by atoms with Gasteiger partial charge < -0.3 is 9.80 Å². The van der Waals surface area contributed by atoms with Gasteiger partial charge in [-0.1, -0.05) is 24.3 Å². The van der Waals surface area contributed by atoms with Crippen molar-refractivity contribution in [1.29, 1.82) is 0 Å². The van der Waals surface area contributed by atoms with Gasteiger partial charge in [-0.25, -0.2) is 0 Å². The first-order valence-electron chi connectivity index (χ1n) is 8.39. The number of rotatable bonds is 5. The van der Waals surface area contributed by atoms with Gasteiger partial charge in [-0.2, -0.15) is 0 Å². The van der Waals surface area contributed by atoms with Gasteiger partial charge in [-0.3, -0.25) is 14.9 Å². The third-order valence-corrected chi connectivity index (χ3v) is 4.50. The summed E-state index contributed by atoms with van der Waals surface area (Å²) in [5.41, 5.74) is 2.51. The van der Waals surface area contributed by atoms with E-state index in [9.17, 15) is 14.9 Å². The van der Waals surface area contributed by atoms with Crippen LogP contribution in [0.2, 0.25) is 0 Å². The van der Waals surface area contributed by atoms with Gasteiger partial charge in [-0.05, 0) is 30.5 Å². The number of hydrogen-bond donors (Lipinski definition) is 0. The zero-order chi connectivity index (χ0) is 17.8. The smallest absolute Gasteiger partial charge is 0.270 e. The van der Waals surface area contributed by atoms with E-state index >= 15 is 0 Å². The molecule has 0 aromatic heterocycles. The predicted octanol–water partition coefficient (Wildman–Crippen LogP) is 3.47. The van der Waals surface area contributed by atoms with E-state index in [-0.39, 0.29) is 11.6 Å². The average Bonchev–Trinajstić information content (AvgIpc) is 3.16. The summed E-state index contributed by atoms with van der Waals surface area (Å²) in [4.78, 5) is 27.0. The number of nitrogens with zero attached hydrogens (tertiary/aromatic N) is 3. The minimum absolute atomic E-state index is 0.0725. The summed E-state index contributed by atoms with van der Waals surface area (Å²) in [6.45, 7) is 2.55. The van der Waals surface area contributed by atoms with E-state index in [2.05, 4.69) is 11.0 Å². The number of anilines is 1. The highest BCUT2D eigenvalue weighted by Crippen LogP contribution is 2.26. The number of para-hydroxylation sites is 1. The van der Waals surface area contributed by atoms with Gasteiger partial charge in [0.25, 0.3) is 11.6 Å². The van der Waals surface area contributed by atoms with E-state index in [1.54, 1.807) is 18.0 Å². The lowest BCUT2D eigenvalue weighted by Crippen LogP contribution is -2.28. The lowest BCUT2D eigenvalue weighted by Gasteiger charge is -2.24. The minimum Gasteiger partial charge on any atom is -0.371 e. The zero-order valence-corrected chi connectivity index (χ0v) is 14.2. The number of hydrogen-bond acceptors (Lipinski definition) is 4. The van der Waals surface area contributed by atoms with Gasteiger partial charge in [0.1, 0.15) is 0 Å². The molecule has 130 valence electrons. The Kier molecular flexibility index (Phi) is 4.97. The van der Waals surface area contributed by atoms with Gasteiger partial charge in [0.15, 0.2) is 0 Å². The second kappa shape index (κ2) is 7.34. The molecule has 0 spiro atoms. The van der Waals surface area contributed by atoms with Gasteiger partial charge in [0.2, 0.25) is 0 Å². The van der Waals surface area contributed by atoms with E-state index in [1.165, 1.54) is 36.7 Å². The van der Waals surface area contributed by atoms with Crippen LogP contribution in [0.1, 0.15) is 28.8 Å². The highest BCUT2D eigenvalue weighted by molar-refractivity contribution is 5.94. The van der Waals surface area contributed by atoms with E-state index < -0.39 is 4.92 Å². The molecule has 6 heteroatoms. The molecule has 1 heterocycles. The average molecular weight is 339 g/mol. The highest BCUT2D eigenvalue weighted by Gasteiger charge is 2.19. The first-order valence-corrected chi connectivity index (χ1v) is 8.39. The SMILES string of the molecule is CN(Cc1ccccc1N1CCCC1)C(=O)c1cccc([N+](=O)[O-])c1. The molecular weight excluding hydrogens is 318 g/mol. The van der Waals surface area contributed by atoms with Crippen LogP contribution in [-0.4, -0.2) is 35.9 Å². The molecule has 1 saturated heterocycles. The fourth-order valence-electron chi connectivity index (χ4n) is 3.21. The van der Waals surface area contributed by atoms with Crippen LogP contribution in [0, 0.1) is 10.1 Å². The van der Waals surface area contributed by atoms with Crippen molar-refractivity contribution < 1.29 is 9.72 Å². The summed E-state index contributed by atoms with van der Waals surface area (Å²) >= 11 is 0. The number of non-ortho nitro benzene ring substituents is 1. The molecule has 3 rings (SSSR count). The third kappa shape index (κ3) is 3.79. The molecule has 0 atom stereocenters. The molecule has 0 bridgehead atoms. The molecule has 0 aliphatic carbocycles. The van der Waals surface area contributed by atoms with Gasteiger partial charge in [0, 0.05) is 50.1 Å². The second-order valence-electron chi connectivity index (χ2n) is 6.29. The predicted molar refractivity (Wildman–Crippen MR) is 96.8 cm³/mol. The molecule has 2 aromatic rings. The van der Waals surface area contributed by atoms with Crippen molar-refractivity contribution in [3.63, 3.8) is 0 Å². The van der Waals surface area contributed by atoms with Gasteiger partial charge in [0.05, 0.1) is 4.92 Å². The van der Waals surface area contributed by atoms with Gasteiger partial charge >= 0.3 is 0 Å². The van der Waals surface area contributed by atoms with Crippen molar-refractivity contribution in [2.75, 3.05) is 25.0 Å². The number of nitro benzene ring substituents is 1.